The van der Waals surface area contributed by atoms with Gasteiger partial charge in [-0.25, -0.2) is 4.39 Å². The van der Waals surface area contributed by atoms with Crippen LogP contribution in [0.4, 0.5) is 4.39 Å². The molecule has 0 aliphatic carbocycles. The van der Waals surface area contributed by atoms with Crippen molar-refractivity contribution in [2.24, 2.45) is 0 Å². The smallest absolute Gasteiger partial charge is 0.137 e. The maximum Gasteiger partial charge on any atom is 0.137 e. The molecule has 1 N–H and O–H groups in total. The molecule has 0 heterocycles. The molecule has 0 saturated heterocycles. The molecule has 4 heteroatoms. The first-order chi connectivity index (χ1) is 9.49. The fourth-order valence-corrected chi connectivity index (χ4v) is 2.86. The number of hydrogen-bond donors (Lipinski definition) is 1. The zero-order valence-electron chi connectivity index (χ0n) is 11.3. The van der Waals surface area contributed by atoms with E-state index in [1.165, 1.54) is 6.07 Å². The van der Waals surface area contributed by atoms with Gasteiger partial charge >= 0.3 is 0 Å². The Morgan fingerprint density at radius 1 is 1.10 bits per heavy atom. The lowest BCUT2D eigenvalue weighted by atomic mass is 10.0. The average molecular weight is 357 g/mol. The predicted molar refractivity (Wildman–Crippen MR) is 85.5 cm³/mol. The Bertz CT molecular complexity index is 603. The molecule has 2 aromatic rings. The highest BCUT2D eigenvalue weighted by Crippen LogP contribution is 2.26. The number of rotatable bonds is 4. The van der Waals surface area contributed by atoms with Crippen LogP contribution in [0.15, 0.2) is 46.9 Å². The minimum Gasteiger partial charge on any atom is -0.304 e. The lowest BCUT2D eigenvalue weighted by Crippen LogP contribution is -2.22. The molecule has 0 fully saturated rings. The molecule has 1 unspecified atom stereocenters. The minimum atomic E-state index is -0.250. The molecule has 20 heavy (non-hydrogen) atoms. The van der Waals surface area contributed by atoms with Crippen LogP contribution < -0.4 is 5.32 Å². The van der Waals surface area contributed by atoms with Gasteiger partial charge in [-0.3, -0.25) is 0 Å². The molecule has 0 bridgehead atoms. The quantitative estimate of drug-likeness (QED) is 0.746. The van der Waals surface area contributed by atoms with Crippen molar-refractivity contribution in [3.05, 3.63) is 68.9 Å². The zero-order valence-corrected chi connectivity index (χ0v) is 13.7. The Hall–Kier alpha value is -0.900. The van der Waals surface area contributed by atoms with Crippen LogP contribution in [0.25, 0.3) is 0 Å². The van der Waals surface area contributed by atoms with E-state index in [9.17, 15) is 4.39 Å². The second-order valence-electron chi connectivity index (χ2n) is 4.81. The van der Waals surface area contributed by atoms with Gasteiger partial charge in [-0.2, -0.15) is 0 Å². The number of halogens is 3. The first-order valence-electron chi connectivity index (χ1n) is 6.44. The van der Waals surface area contributed by atoms with E-state index in [4.69, 9.17) is 11.6 Å². The van der Waals surface area contributed by atoms with Crippen LogP contribution in [0.2, 0.25) is 5.02 Å². The molecule has 0 amide bonds. The van der Waals surface area contributed by atoms with Gasteiger partial charge in [0.05, 0.1) is 4.47 Å². The highest BCUT2D eigenvalue weighted by atomic mass is 79.9. The van der Waals surface area contributed by atoms with Crippen molar-refractivity contribution in [3.8, 4) is 0 Å². The SMILES string of the molecule is CC(N[C@@H](C)c1ccccc1Cl)c1ccc(F)c(Br)c1. The van der Waals surface area contributed by atoms with E-state index in [1.54, 1.807) is 12.1 Å². The highest BCUT2D eigenvalue weighted by Gasteiger charge is 2.14. The van der Waals surface area contributed by atoms with Crippen molar-refractivity contribution < 1.29 is 4.39 Å². The van der Waals surface area contributed by atoms with Gasteiger partial charge in [-0.15, -0.1) is 0 Å². The first-order valence-corrected chi connectivity index (χ1v) is 7.61. The van der Waals surface area contributed by atoms with Gasteiger partial charge < -0.3 is 5.32 Å². The topological polar surface area (TPSA) is 12.0 Å². The Balaban J connectivity index is 2.13. The van der Waals surface area contributed by atoms with Crippen molar-refractivity contribution in [2.75, 3.05) is 0 Å². The molecule has 0 spiro atoms. The van der Waals surface area contributed by atoms with Crippen LogP contribution >= 0.6 is 27.5 Å². The van der Waals surface area contributed by atoms with Gasteiger partial charge in [0.15, 0.2) is 0 Å². The van der Waals surface area contributed by atoms with Crippen LogP contribution in [0.1, 0.15) is 37.1 Å². The van der Waals surface area contributed by atoms with Crippen LogP contribution in [-0.4, -0.2) is 0 Å². The van der Waals surface area contributed by atoms with E-state index in [0.717, 1.165) is 16.1 Å². The van der Waals surface area contributed by atoms with E-state index >= 15 is 0 Å². The fourth-order valence-electron chi connectivity index (χ4n) is 2.17. The van der Waals surface area contributed by atoms with Crippen molar-refractivity contribution >= 4 is 27.5 Å². The van der Waals surface area contributed by atoms with E-state index in [0.29, 0.717) is 4.47 Å². The molecule has 0 aromatic heterocycles. The normalized spacial score (nSPS) is 14.1. The average Bonchev–Trinajstić information content (AvgIpc) is 2.42. The molecule has 2 rings (SSSR count). The maximum absolute atomic E-state index is 13.3. The Morgan fingerprint density at radius 3 is 2.45 bits per heavy atom. The predicted octanol–water partition coefficient (Wildman–Crippen LogP) is 5.65. The molecule has 0 saturated carbocycles. The van der Waals surface area contributed by atoms with Gasteiger partial charge in [0.25, 0.3) is 0 Å². The summed E-state index contributed by atoms with van der Waals surface area (Å²) < 4.78 is 13.7. The van der Waals surface area contributed by atoms with Crippen molar-refractivity contribution in [2.45, 2.75) is 25.9 Å². The third kappa shape index (κ3) is 3.60. The summed E-state index contributed by atoms with van der Waals surface area (Å²) in [5.41, 5.74) is 2.08. The molecule has 2 aromatic carbocycles. The fraction of sp³-hybridized carbons (Fsp3) is 0.250. The molecule has 0 aliphatic heterocycles. The standard InChI is InChI=1S/C16H16BrClFN/c1-10(12-7-8-16(19)14(17)9-12)20-11(2)13-5-3-4-6-15(13)18/h3-11,20H,1-2H3/t10?,11-/m0/s1. The van der Waals surface area contributed by atoms with Crippen LogP contribution in [-0.2, 0) is 0 Å². The number of benzene rings is 2. The summed E-state index contributed by atoms with van der Waals surface area (Å²) in [5.74, 6) is -0.250. The largest absolute Gasteiger partial charge is 0.304 e. The van der Waals surface area contributed by atoms with Gasteiger partial charge in [0, 0.05) is 17.1 Å². The molecular weight excluding hydrogens is 341 g/mol. The van der Waals surface area contributed by atoms with Gasteiger partial charge in [0.1, 0.15) is 5.82 Å². The third-order valence-electron chi connectivity index (χ3n) is 3.32. The van der Waals surface area contributed by atoms with Crippen LogP contribution in [0.3, 0.4) is 0 Å². The lowest BCUT2D eigenvalue weighted by Gasteiger charge is -2.21. The van der Waals surface area contributed by atoms with E-state index < -0.39 is 0 Å². The van der Waals surface area contributed by atoms with Crippen molar-refractivity contribution in [1.82, 2.24) is 5.32 Å². The zero-order chi connectivity index (χ0) is 14.7. The monoisotopic (exact) mass is 355 g/mol. The van der Waals surface area contributed by atoms with E-state index in [1.807, 2.05) is 31.2 Å². The summed E-state index contributed by atoms with van der Waals surface area (Å²) >= 11 is 9.41. The second kappa shape index (κ2) is 6.70. The Kier molecular flexibility index (Phi) is 5.19. The minimum absolute atomic E-state index is 0.0955. The molecule has 0 aliphatic rings. The Labute approximate surface area is 132 Å². The summed E-state index contributed by atoms with van der Waals surface area (Å²) in [5, 5.41) is 4.22. The second-order valence-corrected chi connectivity index (χ2v) is 6.07. The van der Waals surface area contributed by atoms with Gasteiger partial charge in [0.2, 0.25) is 0 Å². The first kappa shape index (κ1) is 15.5. The highest BCUT2D eigenvalue weighted by molar-refractivity contribution is 9.10. The third-order valence-corrected chi connectivity index (χ3v) is 4.27. The van der Waals surface area contributed by atoms with Gasteiger partial charge in [-0.1, -0.05) is 35.9 Å². The summed E-state index contributed by atoms with van der Waals surface area (Å²) in [7, 11) is 0. The molecule has 2 atom stereocenters. The summed E-state index contributed by atoms with van der Waals surface area (Å²) in [4.78, 5) is 0. The molecular formula is C16H16BrClFN. The van der Waals surface area contributed by atoms with E-state index in [-0.39, 0.29) is 17.9 Å². The summed E-state index contributed by atoms with van der Waals surface area (Å²) in [6.07, 6.45) is 0. The molecule has 106 valence electrons. The summed E-state index contributed by atoms with van der Waals surface area (Å²) in [6.45, 7) is 4.11. The maximum atomic E-state index is 13.3. The van der Waals surface area contributed by atoms with Crippen LogP contribution in [0, 0.1) is 5.82 Å². The van der Waals surface area contributed by atoms with Crippen LogP contribution in [0.5, 0.6) is 0 Å². The Morgan fingerprint density at radius 2 is 1.80 bits per heavy atom. The van der Waals surface area contributed by atoms with Gasteiger partial charge in [-0.05, 0) is 59.1 Å². The van der Waals surface area contributed by atoms with Crippen molar-refractivity contribution in [1.29, 1.82) is 0 Å². The summed E-state index contributed by atoms with van der Waals surface area (Å²) in [6, 6.07) is 13.0. The lowest BCUT2D eigenvalue weighted by molar-refractivity contribution is 0.493. The molecule has 1 nitrogen and oxygen atoms in total. The van der Waals surface area contributed by atoms with E-state index in [2.05, 4.69) is 28.2 Å². The molecule has 0 radical (unpaired) electrons. The number of nitrogens with one attached hydrogen (secondary N) is 1. The van der Waals surface area contributed by atoms with Crippen molar-refractivity contribution in [3.63, 3.8) is 0 Å². The number of hydrogen-bond acceptors (Lipinski definition) is 1.